The number of hydrogen-bond donors (Lipinski definition) is 3. The molecule has 39 heavy (non-hydrogen) atoms. The molecule has 0 aromatic carbocycles. The van der Waals surface area contributed by atoms with E-state index in [-0.39, 0.29) is 50.2 Å². The summed E-state index contributed by atoms with van der Waals surface area (Å²) in [7, 11) is -0.104. The van der Waals surface area contributed by atoms with Gasteiger partial charge in [0, 0.05) is 19.0 Å². The number of thioether (sulfide) groups is 1. The molecule has 3 aliphatic heterocycles. The van der Waals surface area contributed by atoms with Crippen molar-refractivity contribution in [3.8, 4) is 0 Å². The van der Waals surface area contributed by atoms with E-state index in [4.69, 9.17) is 30.2 Å². The van der Waals surface area contributed by atoms with Gasteiger partial charge in [-0.1, -0.05) is 0 Å². The highest BCUT2D eigenvalue weighted by Crippen LogP contribution is 2.54. The van der Waals surface area contributed by atoms with Crippen LogP contribution in [0.5, 0.6) is 0 Å². The van der Waals surface area contributed by atoms with Crippen LogP contribution in [-0.2, 0) is 18.7 Å². The molecule has 17 heteroatoms. The van der Waals surface area contributed by atoms with Crippen molar-refractivity contribution in [1.82, 2.24) is 34.1 Å². The van der Waals surface area contributed by atoms with Crippen LogP contribution in [0.15, 0.2) is 29.7 Å². The van der Waals surface area contributed by atoms with Gasteiger partial charge in [0.2, 0.25) is 11.5 Å². The number of nitrogens with one attached hydrogen (secondary N) is 1. The summed E-state index contributed by atoms with van der Waals surface area (Å²) < 4.78 is 43.3. The molecule has 3 fully saturated rings. The van der Waals surface area contributed by atoms with E-state index in [1.807, 2.05) is 0 Å². The molecule has 3 saturated heterocycles. The Labute approximate surface area is 225 Å². The summed E-state index contributed by atoms with van der Waals surface area (Å²) in [5.41, 5.74) is 11.1. The molecule has 3 aliphatic rings. The third-order valence-corrected chi connectivity index (χ3v) is 9.61. The van der Waals surface area contributed by atoms with E-state index < -0.39 is 29.6 Å². The number of anilines is 2. The predicted octanol–water partition coefficient (Wildman–Crippen LogP) is 2.02. The number of aromatic amines is 1. The minimum atomic E-state index is -1.26. The number of H-pyrrole nitrogens is 1. The third kappa shape index (κ3) is 4.35. The molecule has 0 saturated carbocycles. The van der Waals surface area contributed by atoms with E-state index in [0.717, 1.165) is 0 Å². The summed E-state index contributed by atoms with van der Waals surface area (Å²) in [6.45, 7) is 1.91. The number of ether oxygens (including phenoxy) is 3. The first-order valence-corrected chi connectivity index (χ1v) is 14.1. The van der Waals surface area contributed by atoms with Gasteiger partial charge in [0.25, 0.3) is 5.56 Å². The zero-order valence-electron chi connectivity index (χ0n) is 20.6. The summed E-state index contributed by atoms with van der Waals surface area (Å²) in [5, 5.41) is 0.377. The van der Waals surface area contributed by atoms with E-state index in [1.165, 1.54) is 6.33 Å². The van der Waals surface area contributed by atoms with E-state index in [2.05, 4.69) is 24.9 Å². The van der Waals surface area contributed by atoms with Gasteiger partial charge in [-0.25, -0.2) is 19.3 Å². The lowest BCUT2D eigenvalue weighted by molar-refractivity contribution is -0.205. The lowest BCUT2D eigenvalue weighted by atomic mass is 10.2. The smallest absolute Gasteiger partial charge is 0.280 e. The molecular weight excluding hydrogens is 552 g/mol. The molecule has 0 spiro atoms. The number of aromatic nitrogens is 7. The number of fused-ring (bicyclic) bond motifs is 4. The first-order chi connectivity index (χ1) is 18.8. The molecule has 0 radical (unpaired) electrons. The van der Waals surface area contributed by atoms with Crippen molar-refractivity contribution in [1.29, 1.82) is 0 Å². The van der Waals surface area contributed by atoms with Crippen LogP contribution in [0.25, 0.3) is 22.2 Å². The van der Waals surface area contributed by atoms with Crippen molar-refractivity contribution in [2.45, 2.75) is 60.7 Å². The van der Waals surface area contributed by atoms with Gasteiger partial charge in [-0.2, -0.15) is 4.98 Å². The van der Waals surface area contributed by atoms with Crippen molar-refractivity contribution in [2.75, 3.05) is 18.1 Å². The molecule has 206 valence electrons. The lowest BCUT2D eigenvalue weighted by Crippen LogP contribution is -2.36. The van der Waals surface area contributed by atoms with Gasteiger partial charge in [0.1, 0.15) is 34.8 Å². The average molecular weight is 578 g/mol. The van der Waals surface area contributed by atoms with Crippen LogP contribution in [0.4, 0.5) is 16.2 Å². The van der Waals surface area contributed by atoms with E-state index in [0.29, 0.717) is 28.9 Å². The highest BCUT2D eigenvalue weighted by atomic mass is 32.2. The Kier molecular flexibility index (Phi) is 6.02. The first-order valence-electron chi connectivity index (χ1n) is 12.3. The highest BCUT2D eigenvalue weighted by Gasteiger charge is 2.48. The minimum Gasteiger partial charge on any atom is -0.383 e. The van der Waals surface area contributed by atoms with Crippen molar-refractivity contribution in [2.24, 2.45) is 0 Å². The summed E-state index contributed by atoms with van der Waals surface area (Å²) in [4.78, 5) is 31.4. The molecule has 0 aliphatic carbocycles. The molecule has 0 amide bonds. The number of nitrogens with two attached hydrogens (primary N) is 2. The van der Waals surface area contributed by atoms with Crippen molar-refractivity contribution >= 4 is 54.5 Å². The Balaban J connectivity index is 1.05. The van der Waals surface area contributed by atoms with Gasteiger partial charge < -0.3 is 34.8 Å². The second-order valence-corrected chi connectivity index (χ2v) is 12.3. The number of hydrogen-bond acceptors (Lipinski definition) is 12. The second-order valence-electron chi connectivity index (χ2n) is 9.72. The maximum absolute atomic E-state index is 15.1. The average Bonchev–Trinajstić information content (AvgIpc) is 3.65. The van der Waals surface area contributed by atoms with E-state index in [9.17, 15) is 4.79 Å². The van der Waals surface area contributed by atoms with Gasteiger partial charge in [0.15, 0.2) is 17.4 Å². The molecule has 8 atom stereocenters. The molecule has 7 heterocycles. The molecule has 4 aromatic heterocycles. The molecular formula is C22H25FN9O5PS. The largest absolute Gasteiger partial charge is 0.383 e. The monoisotopic (exact) mass is 577 g/mol. The Morgan fingerprint density at radius 1 is 1.28 bits per heavy atom. The molecule has 14 nitrogen and oxygen atoms in total. The summed E-state index contributed by atoms with van der Waals surface area (Å²) in [6.07, 6.45) is 2.42. The molecule has 4 aromatic rings. The SMILES string of the molecule is CC1(OC[C@@H]2C[C@H](F)[C@H](n3ccc4c(N)ncnc43)O2)O[C@@H]2CC(OP1)S[C@H]2n1cnc2c(=O)[nH]c(N)nc21. The van der Waals surface area contributed by atoms with Crippen molar-refractivity contribution in [3.05, 3.63) is 35.3 Å². The number of nitrogen functional groups attached to an aromatic ring is 2. The molecule has 5 N–H and O–H groups in total. The van der Waals surface area contributed by atoms with Crippen LogP contribution in [-0.4, -0.2) is 70.0 Å². The number of alkyl halides is 1. The quantitative estimate of drug-likeness (QED) is 0.294. The lowest BCUT2D eigenvalue weighted by Gasteiger charge is -2.34. The normalized spacial score (nSPS) is 33.4. The fraction of sp³-hybridized carbons (Fsp3) is 0.500. The van der Waals surface area contributed by atoms with Crippen LogP contribution < -0.4 is 17.0 Å². The van der Waals surface area contributed by atoms with Crippen LogP contribution in [0.1, 0.15) is 31.4 Å². The van der Waals surface area contributed by atoms with Gasteiger partial charge in [-0.05, 0) is 13.0 Å². The van der Waals surface area contributed by atoms with Crippen LogP contribution in [0.3, 0.4) is 0 Å². The Morgan fingerprint density at radius 3 is 3.03 bits per heavy atom. The summed E-state index contributed by atoms with van der Waals surface area (Å²) >= 11 is 1.56. The minimum absolute atomic E-state index is 0.00845. The number of imidazole rings is 1. The fourth-order valence-electron chi connectivity index (χ4n) is 5.21. The standard InChI is InChI=1S/C22H25FN9O5PS/c1-22(34-6-9-4-11(23)19(35-9)31-3-2-10-15(24)26-7-27-16(10)31)36-12-5-13(37-38-22)39-20(12)32-8-28-14-17(32)29-21(25)30-18(14)33/h2-3,7-9,11-13,19-20,38H,4-6H2,1H3,(H2,24,26,27)(H3,25,29,30,33)/t9-,11-,12+,13?,19+,20+,22?/m0/s1. The van der Waals surface area contributed by atoms with Crippen LogP contribution in [0, 0.1) is 0 Å². The van der Waals surface area contributed by atoms with E-state index >= 15 is 4.39 Å². The zero-order valence-corrected chi connectivity index (χ0v) is 22.4. The Bertz CT molecular complexity index is 1620. The number of halogens is 1. The zero-order chi connectivity index (χ0) is 26.9. The maximum Gasteiger partial charge on any atom is 0.280 e. The van der Waals surface area contributed by atoms with Crippen LogP contribution >= 0.6 is 20.6 Å². The maximum atomic E-state index is 15.1. The highest BCUT2D eigenvalue weighted by molar-refractivity contribution is 8.00. The topological polar surface area (TPSA) is 183 Å². The van der Waals surface area contributed by atoms with Gasteiger partial charge in [-0.15, -0.1) is 11.8 Å². The molecule has 3 unspecified atom stereocenters. The van der Waals surface area contributed by atoms with E-state index in [1.54, 1.807) is 46.4 Å². The summed E-state index contributed by atoms with van der Waals surface area (Å²) in [5.74, 6) is 0.334. The van der Waals surface area contributed by atoms with Crippen LogP contribution in [0.2, 0.25) is 0 Å². The first kappa shape index (κ1) is 25.1. The second kappa shape index (κ2) is 9.35. The number of nitrogens with zero attached hydrogens (tertiary/aromatic N) is 6. The van der Waals surface area contributed by atoms with Gasteiger partial charge >= 0.3 is 0 Å². The predicted molar refractivity (Wildman–Crippen MR) is 142 cm³/mol. The molecule has 2 bridgehead atoms. The van der Waals surface area contributed by atoms with Crippen molar-refractivity contribution in [3.63, 3.8) is 0 Å². The van der Waals surface area contributed by atoms with Gasteiger partial charge in [-0.3, -0.25) is 14.3 Å². The van der Waals surface area contributed by atoms with Crippen molar-refractivity contribution < 1.29 is 23.1 Å². The fourth-order valence-corrected chi connectivity index (χ4v) is 7.60. The third-order valence-electron chi connectivity index (χ3n) is 7.00. The Hall–Kier alpha value is -2.88. The number of rotatable bonds is 5. The van der Waals surface area contributed by atoms with Gasteiger partial charge in [0.05, 0.1) is 39.3 Å². The molecule has 7 rings (SSSR count). The Morgan fingerprint density at radius 2 is 2.15 bits per heavy atom. The summed E-state index contributed by atoms with van der Waals surface area (Å²) in [6, 6.07) is 1.75.